The van der Waals surface area contributed by atoms with Crippen LogP contribution in [-0.4, -0.2) is 58.3 Å². The molecule has 0 radical (unpaired) electrons. The molecule has 0 bridgehead atoms. The lowest BCUT2D eigenvalue weighted by Crippen LogP contribution is -2.43. The molecule has 1 N–H and O–H groups in total. The second-order valence-corrected chi connectivity index (χ2v) is 11.1. The lowest BCUT2D eigenvalue weighted by Gasteiger charge is -2.19. The minimum atomic E-state index is -1.08. The van der Waals surface area contributed by atoms with Crippen LogP contribution in [0.2, 0.25) is 10.0 Å². The molecular formula is C34H37Cl2NO9. The van der Waals surface area contributed by atoms with E-state index in [0.29, 0.717) is 29.0 Å². The van der Waals surface area contributed by atoms with E-state index in [1.54, 1.807) is 38.5 Å². The van der Waals surface area contributed by atoms with Crippen molar-refractivity contribution >= 4 is 47.0 Å². The van der Waals surface area contributed by atoms with Gasteiger partial charge in [-0.2, -0.15) is 0 Å². The number of rotatable bonds is 15. The molecule has 0 unspecified atom stereocenters. The number of ether oxygens (including phenoxy) is 5. The third-order valence-corrected chi connectivity index (χ3v) is 7.71. The van der Waals surface area contributed by atoms with Crippen LogP contribution in [0.15, 0.2) is 48.5 Å². The Balaban J connectivity index is 1.80. The van der Waals surface area contributed by atoms with E-state index < -0.39 is 23.9 Å². The Bertz CT molecular complexity index is 1510. The Labute approximate surface area is 278 Å². The van der Waals surface area contributed by atoms with Gasteiger partial charge in [-0.25, -0.2) is 9.59 Å². The van der Waals surface area contributed by atoms with Gasteiger partial charge in [0.1, 0.15) is 24.1 Å². The highest BCUT2D eigenvalue weighted by Gasteiger charge is 2.26. The molecule has 0 saturated carbocycles. The van der Waals surface area contributed by atoms with E-state index >= 15 is 0 Å². The lowest BCUT2D eigenvalue weighted by molar-refractivity contribution is -0.145. The average Bonchev–Trinajstić information content (AvgIpc) is 3.05. The highest BCUT2D eigenvalue weighted by molar-refractivity contribution is 6.40. The van der Waals surface area contributed by atoms with Crippen molar-refractivity contribution in [1.82, 2.24) is 5.32 Å². The van der Waals surface area contributed by atoms with Crippen LogP contribution in [0.3, 0.4) is 0 Å². The standard InChI is InChI=1S/C34H37Cl2NO9/c1-6-7-8-9-29(38)46-19-21-15-27(42-2)30(28(16-21)43-3)22-12-10-20(11-13-22)14-26(34(41)45-5)37-32(39)31-24(35)17-23(18-25(31)36)33(40)44-4/h10-13,15-18,26H,6-9,14,19H2,1-5H3,(H,37,39)/t26-/m0/s1. The number of unbranched alkanes of at least 4 members (excludes halogenated alkanes) is 2. The number of nitrogens with one attached hydrogen (secondary N) is 1. The molecule has 0 aliphatic carbocycles. The minimum absolute atomic E-state index is 0.0720. The molecule has 0 heterocycles. The quantitative estimate of drug-likeness (QED) is 0.108. The number of carbonyl (C=O) groups is 4. The van der Waals surface area contributed by atoms with Gasteiger partial charge in [-0.1, -0.05) is 67.2 Å². The van der Waals surface area contributed by atoms with Crippen LogP contribution in [0.1, 0.15) is 64.4 Å². The summed E-state index contributed by atoms with van der Waals surface area (Å²) in [6.45, 7) is 2.16. The summed E-state index contributed by atoms with van der Waals surface area (Å²) in [7, 11) is 5.50. The summed E-state index contributed by atoms with van der Waals surface area (Å²) in [6.07, 6.45) is 3.25. The highest BCUT2D eigenvalue weighted by Crippen LogP contribution is 2.40. The fourth-order valence-corrected chi connectivity index (χ4v) is 5.38. The SMILES string of the molecule is CCCCCC(=O)OCc1cc(OC)c(-c2ccc(C[C@H](NC(=O)c3c(Cl)cc(C(=O)OC)cc3Cl)C(=O)OC)cc2)c(OC)c1. The Kier molecular flexibility index (Phi) is 13.7. The first-order valence-electron chi connectivity index (χ1n) is 14.5. The number of carbonyl (C=O) groups excluding carboxylic acids is 4. The summed E-state index contributed by atoms with van der Waals surface area (Å²) in [5, 5.41) is 2.45. The highest BCUT2D eigenvalue weighted by atomic mass is 35.5. The van der Waals surface area contributed by atoms with Crippen molar-refractivity contribution in [2.45, 2.75) is 51.7 Å². The van der Waals surface area contributed by atoms with Gasteiger partial charge in [-0.15, -0.1) is 0 Å². The monoisotopic (exact) mass is 673 g/mol. The van der Waals surface area contributed by atoms with E-state index in [0.717, 1.165) is 30.4 Å². The van der Waals surface area contributed by atoms with Crippen molar-refractivity contribution in [2.24, 2.45) is 0 Å². The molecule has 246 valence electrons. The number of halogens is 2. The summed E-state index contributed by atoms with van der Waals surface area (Å²) in [5.41, 5.74) is 2.85. The zero-order valence-electron chi connectivity index (χ0n) is 26.4. The predicted octanol–water partition coefficient (Wildman–Crippen LogP) is 6.60. The number of benzene rings is 3. The van der Waals surface area contributed by atoms with Crippen LogP contribution in [0.4, 0.5) is 0 Å². The fraction of sp³-hybridized carbons (Fsp3) is 0.353. The van der Waals surface area contributed by atoms with E-state index in [1.807, 2.05) is 12.1 Å². The lowest BCUT2D eigenvalue weighted by atomic mass is 9.98. The molecule has 0 fully saturated rings. The van der Waals surface area contributed by atoms with Crippen molar-refractivity contribution in [3.05, 3.63) is 80.8 Å². The maximum absolute atomic E-state index is 13.1. The van der Waals surface area contributed by atoms with Crippen LogP contribution in [0.5, 0.6) is 11.5 Å². The maximum Gasteiger partial charge on any atom is 0.337 e. The molecule has 0 aliphatic rings. The minimum Gasteiger partial charge on any atom is -0.496 e. The first-order valence-corrected chi connectivity index (χ1v) is 15.3. The van der Waals surface area contributed by atoms with Crippen LogP contribution >= 0.6 is 23.2 Å². The molecule has 0 aromatic heterocycles. The van der Waals surface area contributed by atoms with Gasteiger partial charge >= 0.3 is 17.9 Å². The van der Waals surface area contributed by atoms with Gasteiger partial charge < -0.3 is 29.0 Å². The Morgan fingerprint density at radius 1 is 0.804 bits per heavy atom. The topological polar surface area (TPSA) is 126 Å². The second kappa shape index (κ2) is 17.4. The second-order valence-electron chi connectivity index (χ2n) is 10.2. The smallest absolute Gasteiger partial charge is 0.337 e. The summed E-state index contributed by atoms with van der Waals surface area (Å²) in [5.74, 6) is -1.28. The van der Waals surface area contributed by atoms with Crippen molar-refractivity contribution in [1.29, 1.82) is 0 Å². The molecule has 0 aliphatic heterocycles. The molecule has 1 amide bonds. The summed E-state index contributed by atoms with van der Waals surface area (Å²) < 4.78 is 26.4. The normalized spacial score (nSPS) is 11.3. The van der Waals surface area contributed by atoms with Gasteiger partial charge in [0, 0.05) is 12.8 Å². The Morgan fingerprint density at radius 2 is 1.41 bits per heavy atom. The molecule has 0 saturated heterocycles. The molecular weight excluding hydrogens is 637 g/mol. The van der Waals surface area contributed by atoms with Crippen molar-refractivity contribution < 1.29 is 42.9 Å². The fourth-order valence-electron chi connectivity index (χ4n) is 4.72. The van der Waals surface area contributed by atoms with E-state index in [1.165, 1.54) is 26.4 Å². The molecule has 10 nitrogen and oxygen atoms in total. The van der Waals surface area contributed by atoms with Gasteiger partial charge in [-0.3, -0.25) is 9.59 Å². The van der Waals surface area contributed by atoms with Gasteiger partial charge in [0.2, 0.25) is 0 Å². The molecule has 0 spiro atoms. The zero-order valence-corrected chi connectivity index (χ0v) is 27.9. The van der Waals surface area contributed by atoms with E-state index in [2.05, 4.69) is 17.0 Å². The summed E-state index contributed by atoms with van der Waals surface area (Å²) in [6, 6.07) is 12.3. The number of esters is 3. The molecule has 12 heteroatoms. The number of hydrogen-bond acceptors (Lipinski definition) is 9. The van der Waals surface area contributed by atoms with Crippen LogP contribution < -0.4 is 14.8 Å². The van der Waals surface area contributed by atoms with Gasteiger partial charge in [-0.05, 0) is 47.4 Å². The maximum atomic E-state index is 13.1. The molecule has 1 atom stereocenters. The van der Waals surface area contributed by atoms with Gasteiger partial charge in [0.05, 0.1) is 55.2 Å². The summed E-state index contributed by atoms with van der Waals surface area (Å²) >= 11 is 12.5. The van der Waals surface area contributed by atoms with E-state index in [4.69, 9.17) is 42.1 Å². The number of amides is 1. The van der Waals surface area contributed by atoms with E-state index in [9.17, 15) is 19.2 Å². The van der Waals surface area contributed by atoms with Crippen molar-refractivity contribution in [2.75, 3.05) is 28.4 Å². The first kappa shape index (κ1) is 36.2. The largest absolute Gasteiger partial charge is 0.496 e. The molecule has 3 rings (SSSR count). The Morgan fingerprint density at radius 3 is 1.93 bits per heavy atom. The third kappa shape index (κ3) is 9.37. The molecule has 46 heavy (non-hydrogen) atoms. The van der Waals surface area contributed by atoms with Crippen LogP contribution in [0, 0.1) is 0 Å². The predicted molar refractivity (Wildman–Crippen MR) is 174 cm³/mol. The van der Waals surface area contributed by atoms with Crippen molar-refractivity contribution in [3.63, 3.8) is 0 Å². The number of hydrogen-bond donors (Lipinski definition) is 1. The Hall–Kier alpha value is -4.28. The third-order valence-electron chi connectivity index (χ3n) is 7.11. The zero-order chi connectivity index (χ0) is 33.8. The number of methoxy groups -OCH3 is 4. The van der Waals surface area contributed by atoms with Gasteiger partial charge in [0.25, 0.3) is 5.91 Å². The molecule has 3 aromatic carbocycles. The average molecular weight is 675 g/mol. The molecule has 3 aromatic rings. The van der Waals surface area contributed by atoms with Gasteiger partial charge in [0.15, 0.2) is 0 Å². The van der Waals surface area contributed by atoms with Crippen LogP contribution in [-0.2, 0) is 36.8 Å². The van der Waals surface area contributed by atoms with E-state index in [-0.39, 0.29) is 40.2 Å². The first-order chi connectivity index (χ1) is 22.1. The summed E-state index contributed by atoms with van der Waals surface area (Å²) in [4.78, 5) is 49.8. The van der Waals surface area contributed by atoms with Crippen LogP contribution in [0.25, 0.3) is 11.1 Å². The van der Waals surface area contributed by atoms with Crippen molar-refractivity contribution in [3.8, 4) is 22.6 Å².